The molecule has 0 atom stereocenters. The Morgan fingerprint density at radius 2 is 2.06 bits per heavy atom. The van der Waals surface area contributed by atoms with Crippen LogP contribution in [0.25, 0.3) is 0 Å². The first kappa shape index (κ1) is 12.5. The number of aryl methyl sites for hydroxylation is 1. The zero-order valence-electron chi connectivity index (χ0n) is 10.2. The van der Waals surface area contributed by atoms with Gasteiger partial charge in [-0.15, -0.1) is 0 Å². The van der Waals surface area contributed by atoms with E-state index in [1.807, 2.05) is 13.0 Å². The van der Waals surface area contributed by atoms with E-state index in [-0.39, 0.29) is 17.3 Å². The normalized spacial score (nSPS) is 29.3. The summed E-state index contributed by atoms with van der Waals surface area (Å²) in [4.78, 5) is 0. The third-order valence-corrected chi connectivity index (χ3v) is 4.00. The molecule has 0 heterocycles. The Kier molecular flexibility index (Phi) is 3.50. The minimum Gasteiger partial charge on any atom is -0.393 e. The Labute approximate surface area is 102 Å². The molecule has 1 saturated carbocycles. The Morgan fingerprint density at radius 1 is 1.41 bits per heavy atom. The number of nitrogens with two attached hydrogens (primary N) is 1. The van der Waals surface area contributed by atoms with E-state index in [0.29, 0.717) is 19.4 Å². The fourth-order valence-electron chi connectivity index (χ4n) is 2.78. The van der Waals surface area contributed by atoms with Crippen molar-refractivity contribution in [3.63, 3.8) is 0 Å². The summed E-state index contributed by atoms with van der Waals surface area (Å²) in [5, 5.41) is 9.57. The van der Waals surface area contributed by atoms with Crippen molar-refractivity contribution in [1.82, 2.24) is 0 Å². The van der Waals surface area contributed by atoms with E-state index in [1.165, 1.54) is 6.07 Å². The lowest BCUT2D eigenvalue weighted by atomic mass is 9.68. The van der Waals surface area contributed by atoms with E-state index in [0.717, 1.165) is 24.0 Å². The van der Waals surface area contributed by atoms with E-state index in [9.17, 15) is 9.50 Å². The standard InChI is InChI=1S/C14H20FNO/c1-10-2-3-13(15)12(8-10)14(9-16)6-4-11(17)5-7-14/h2-3,8,11,17H,4-7,9,16H2,1H3. The van der Waals surface area contributed by atoms with Crippen LogP contribution in [-0.4, -0.2) is 17.8 Å². The monoisotopic (exact) mass is 237 g/mol. The molecule has 17 heavy (non-hydrogen) atoms. The second-order valence-electron chi connectivity index (χ2n) is 5.20. The summed E-state index contributed by atoms with van der Waals surface area (Å²) < 4.78 is 14.0. The van der Waals surface area contributed by atoms with Gasteiger partial charge >= 0.3 is 0 Å². The number of rotatable bonds is 2. The topological polar surface area (TPSA) is 46.2 Å². The molecule has 0 radical (unpaired) electrons. The summed E-state index contributed by atoms with van der Waals surface area (Å²) in [6.45, 7) is 2.41. The lowest BCUT2D eigenvalue weighted by molar-refractivity contribution is 0.0963. The molecule has 0 aromatic heterocycles. The molecule has 2 nitrogen and oxygen atoms in total. The Balaban J connectivity index is 2.37. The van der Waals surface area contributed by atoms with Crippen LogP contribution >= 0.6 is 0 Å². The maximum Gasteiger partial charge on any atom is 0.127 e. The number of benzene rings is 1. The quantitative estimate of drug-likeness (QED) is 0.828. The van der Waals surface area contributed by atoms with Crippen molar-refractivity contribution in [2.45, 2.75) is 44.1 Å². The van der Waals surface area contributed by atoms with Crippen molar-refractivity contribution in [3.05, 3.63) is 35.1 Å². The molecular weight excluding hydrogens is 217 g/mol. The van der Waals surface area contributed by atoms with Gasteiger partial charge in [-0.25, -0.2) is 4.39 Å². The van der Waals surface area contributed by atoms with Crippen molar-refractivity contribution in [2.24, 2.45) is 5.73 Å². The van der Waals surface area contributed by atoms with Gasteiger partial charge in [0.25, 0.3) is 0 Å². The van der Waals surface area contributed by atoms with Gasteiger partial charge in [0.1, 0.15) is 5.82 Å². The number of hydrogen-bond acceptors (Lipinski definition) is 2. The largest absolute Gasteiger partial charge is 0.393 e. The van der Waals surface area contributed by atoms with Crippen LogP contribution in [0.3, 0.4) is 0 Å². The lowest BCUT2D eigenvalue weighted by Crippen LogP contribution is -2.40. The number of aliphatic hydroxyl groups excluding tert-OH is 1. The average molecular weight is 237 g/mol. The molecule has 3 heteroatoms. The van der Waals surface area contributed by atoms with Gasteiger partial charge in [0, 0.05) is 12.0 Å². The van der Waals surface area contributed by atoms with Gasteiger partial charge in [0.15, 0.2) is 0 Å². The minimum atomic E-state index is -0.282. The SMILES string of the molecule is Cc1ccc(F)c(C2(CN)CCC(O)CC2)c1. The Bertz CT molecular complexity index is 397. The van der Waals surface area contributed by atoms with Crippen molar-refractivity contribution in [2.75, 3.05) is 6.54 Å². The third-order valence-electron chi connectivity index (χ3n) is 4.00. The lowest BCUT2D eigenvalue weighted by Gasteiger charge is -2.38. The summed E-state index contributed by atoms with van der Waals surface area (Å²) in [6, 6.07) is 5.20. The van der Waals surface area contributed by atoms with Crippen molar-refractivity contribution >= 4 is 0 Å². The zero-order valence-corrected chi connectivity index (χ0v) is 10.2. The first-order chi connectivity index (χ1) is 8.07. The van der Waals surface area contributed by atoms with Gasteiger partial charge < -0.3 is 10.8 Å². The fourth-order valence-corrected chi connectivity index (χ4v) is 2.78. The first-order valence-corrected chi connectivity index (χ1v) is 6.22. The van der Waals surface area contributed by atoms with Gasteiger partial charge in [-0.2, -0.15) is 0 Å². The van der Waals surface area contributed by atoms with Gasteiger partial charge in [0.05, 0.1) is 6.10 Å². The van der Waals surface area contributed by atoms with Crippen LogP contribution in [0.4, 0.5) is 4.39 Å². The van der Waals surface area contributed by atoms with Gasteiger partial charge in [-0.3, -0.25) is 0 Å². The van der Waals surface area contributed by atoms with Crippen molar-refractivity contribution in [3.8, 4) is 0 Å². The maximum atomic E-state index is 14.0. The van der Waals surface area contributed by atoms with E-state index in [1.54, 1.807) is 6.07 Å². The van der Waals surface area contributed by atoms with Crippen LogP contribution in [0.2, 0.25) is 0 Å². The highest BCUT2D eigenvalue weighted by Crippen LogP contribution is 2.40. The van der Waals surface area contributed by atoms with Gasteiger partial charge in [-0.05, 0) is 44.2 Å². The first-order valence-electron chi connectivity index (χ1n) is 6.22. The van der Waals surface area contributed by atoms with E-state index in [4.69, 9.17) is 5.73 Å². The molecule has 1 aromatic rings. The molecule has 1 aromatic carbocycles. The fraction of sp³-hybridized carbons (Fsp3) is 0.571. The molecule has 0 unspecified atom stereocenters. The van der Waals surface area contributed by atoms with E-state index >= 15 is 0 Å². The second kappa shape index (κ2) is 4.75. The van der Waals surface area contributed by atoms with Crippen LogP contribution in [0.15, 0.2) is 18.2 Å². The zero-order chi connectivity index (χ0) is 12.5. The van der Waals surface area contributed by atoms with E-state index in [2.05, 4.69) is 0 Å². The summed E-state index contributed by atoms with van der Waals surface area (Å²) in [5.41, 5.74) is 7.39. The molecule has 0 saturated heterocycles. The molecule has 1 aliphatic rings. The number of hydrogen-bond donors (Lipinski definition) is 2. The average Bonchev–Trinajstić information content (AvgIpc) is 2.34. The van der Waals surface area contributed by atoms with Crippen molar-refractivity contribution < 1.29 is 9.50 Å². The van der Waals surface area contributed by atoms with Crippen molar-refractivity contribution in [1.29, 1.82) is 0 Å². The molecule has 1 fully saturated rings. The molecule has 94 valence electrons. The molecule has 3 N–H and O–H groups in total. The molecule has 0 amide bonds. The second-order valence-corrected chi connectivity index (χ2v) is 5.20. The predicted octanol–water partition coefficient (Wildman–Crippen LogP) is 2.27. The molecule has 0 spiro atoms. The summed E-state index contributed by atoms with van der Waals surface area (Å²) >= 11 is 0. The van der Waals surface area contributed by atoms with E-state index < -0.39 is 0 Å². The molecule has 0 bridgehead atoms. The molecule has 1 aliphatic carbocycles. The van der Waals surface area contributed by atoms with Crippen LogP contribution in [0.1, 0.15) is 36.8 Å². The smallest absolute Gasteiger partial charge is 0.127 e. The Morgan fingerprint density at radius 3 is 2.65 bits per heavy atom. The number of halogens is 1. The van der Waals surface area contributed by atoms with Gasteiger partial charge in [-0.1, -0.05) is 17.7 Å². The number of aliphatic hydroxyl groups is 1. The van der Waals surface area contributed by atoms with Crippen LogP contribution in [0, 0.1) is 12.7 Å². The molecule has 2 rings (SSSR count). The van der Waals surface area contributed by atoms with Crippen LogP contribution < -0.4 is 5.73 Å². The van der Waals surface area contributed by atoms with Crippen LogP contribution in [0.5, 0.6) is 0 Å². The highest BCUT2D eigenvalue weighted by atomic mass is 19.1. The van der Waals surface area contributed by atoms with Gasteiger partial charge in [0.2, 0.25) is 0 Å². The minimum absolute atomic E-state index is 0.169. The molecule has 0 aliphatic heterocycles. The summed E-state index contributed by atoms with van der Waals surface area (Å²) in [7, 11) is 0. The third kappa shape index (κ3) is 2.35. The maximum absolute atomic E-state index is 14.0. The Hall–Kier alpha value is -0.930. The summed E-state index contributed by atoms with van der Waals surface area (Å²) in [6.07, 6.45) is 2.72. The summed E-state index contributed by atoms with van der Waals surface area (Å²) in [5.74, 6) is -0.169. The molecular formula is C14H20FNO. The predicted molar refractivity (Wildman–Crippen MR) is 66.3 cm³/mol. The highest BCUT2D eigenvalue weighted by molar-refractivity contribution is 5.32. The highest BCUT2D eigenvalue weighted by Gasteiger charge is 2.37. The van der Waals surface area contributed by atoms with Crippen LogP contribution in [-0.2, 0) is 5.41 Å².